The van der Waals surface area contributed by atoms with E-state index in [0.29, 0.717) is 19.4 Å². The molecule has 0 fully saturated rings. The average molecular weight is 313 g/mol. The number of aryl methyl sites for hydroxylation is 1. The van der Waals surface area contributed by atoms with Crippen molar-refractivity contribution in [2.24, 2.45) is 0 Å². The largest absolute Gasteiger partial charge is 0.352 e. The zero-order valence-electron chi connectivity index (χ0n) is 13.3. The van der Waals surface area contributed by atoms with Gasteiger partial charge in [-0.05, 0) is 43.0 Å². The summed E-state index contributed by atoms with van der Waals surface area (Å²) < 4.78 is 0. The Bertz CT molecular complexity index is 637. The summed E-state index contributed by atoms with van der Waals surface area (Å²) in [4.78, 5) is 23.2. The maximum atomic E-state index is 11.9. The second-order valence-electron chi connectivity index (χ2n) is 6.16. The highest BCUT2D eigenvalue weighted by Crippen LogP contribution is 2.24. The van der Waals surface area contributed by atoms with Crippen molar-refractivity contribution >= 4 is 17.5 Å². The number of carbonyl (C=O) groups excluding carboxylic acids is 2. The van der Waals surface area contributed by atoms with Crippen LogP contribution in [0.4, 0.5) is 5.69 Å². The molecule has 0 spiro atoms. The molecule has 0 radical (unpaired) electrons. The van der Waals surface area contributed by atoms with Crippen LogP contribution in [0, 0.1) is 0 Å². The van der Waals surface area contributed by atoms with Gasteiger partial charge in [0.15, 0.2) is 0 Å². The first-order valence-electron chi connectivity index (χ1n) is 8.28. The molecular weight excluding hydrogens is 290 g/mol. The van der Waals surface area contributed by atoms with Crippen LogP contribution in [0.15, 0.2) is 29.8 Å². The molecule has 0 saturated carbocycles. The highest BCUT2D eigenvalue weighted by atomic mass is 16.2. The quantitative estimate of drug-likeness (QED) is 0.698. The smallest absolute Gasteiger partial charge is 0.228 e. The molecule has 2 heterocycles. The maximum absolute atomic E-state index is 11.9. The van der Waals surface area contributed by atoms with Gasteiger partial charge in [-0.1, -0.05) is 23.8 Å². The molecule has 23 heavy (non-hydrogen) atoms. The number of carbonyl (C=O) groups is 2. The molecule has 0 unspecified atom stereocenters. The summed E-state index contributed by atoms with van der Waals surface area (Å²) in [6.45, 7) is 2.57. The van der Waals surface area contributed by atoms with Crippen molar-refractivity contribution in [1.29, 1.82) is 0 Å². The molecule has 2 amide bonds. The Hall–Kier alpha value is -2.14. The first-order chi connectivity index (χ1) is 11.2. The number of hydrogen-bond acceptors (Lipinski definition) is 3. The molecular formula is C18H23N3O2. The van der Waals surface area contributed by atoms with Gasteiger partial charge in [0.2, 0.25) is 11.8 Å². The number of rotatable bonds is 6. The summed E-state index contributed by atoms with van der Waals surface area (Å²) >= 11 is 0. The second-order valence-corrected chi connectivity index (χ2v) is 6.16. The molecule has 0 aliphatic carbocycles. The molecule has 0 saturated heterocycles. The Kier molecular flexibility index (Phi) is 5.08. The average Bonchev–Trinajstić information content (AvgIpc) is 2.93. The van der Waals surface area contributed by atoms with Crippen molar-refractivity contribution in [2.75, 3.05) is 25.0 Å². The predicted molar refractivity (Wildman–Crippen MR) is 90.3 cm³/mol. The summed E-state index contributed by atoms with van der Waals surface area (Å²) in [5, 5.41) is 9.09. The summed E-state index contributed by atoms with van der Waals surface area (Å²) in [5.74, 6) is 0.172. The lowest BCUT2D eigenvalue weighted by molar-refractivity contribution is -0.121. The lowest BCUT2D eigenvalue weighted by atomic mass is 10.0. The number of fused-ring (bicyclic) bond motifs is 1. The van der Waals surface area contributed by atoms with Gasteiger partial charge in [0.25, 0.3) is 0 Å². The van der Waals surface area contributed by atoms with Crippen molar-refractivity contribution < 1.29 is 9.59 Å². The highest BCUT2D eigenvalue weighted by molar-refractivity contribution is 5.99. The standard InChI is InChI=1S/C18H23N3O2/c22-17(20-12-14-6-8-19-9-7-14)3-1-2-13-4-5-16-15(10-13)11-18(23)21-16/h4-6,10,19H,1-3,7-9,11-12H2,(H,20,22)(H,21,23). The summed E-state index contributed by atoms with van der Waals surface area (Å²) in [6, 6.07) is 6.06. The van der Waals surface area contributed by atoms with E-state index in [1.165, 1.54) is 11.1 Å². The van der Waals surface area contributed by atoms with Crippen molar-refractivity contribution in [1.82, 2.24) is 10.6 Å². The maximum Gasteiger partial charge on any atom is 0.228 e. The fourth-order valence-electron chi connectivity index (χ4n) is 3.02. The summed E-state index contributed by atoms with van der Waals surface area (Å²) in [6.07, 6.45) is 5.87. The van der Waals surface area contributed by atoms with E-state index in [2.05, 4.69) is 28.1 Å². The van der Waals surface area contributed by atoms with E-state index >= 15 is 0 Å². The van der Waals surface area contributed by atoms with Crippen LogP contribution in [0.3, 0.4) is 0 Å². The van der Waals surface area contributed by atoms with E-state index in [0.717, 1.165) is 43.6 Å². The van der Waals surface area contributed by atoms with Crippen LogP contribution >= 0.6 is 0 Å². The van der Waals surface area contributed by atoms with E-state index < -0.39 is 0 Å². The summed E-state index contributed by atoms with van der Waals surface area (Å²) in [5.41, 5.74) is 4.49. The fourth-order valence-corrected chi connectivity index (χ4v) is 3.02. The van der Waals surface area contributed by atoms with Crippen LogP contribution in [0.1, 0.15) is 30.4 Å². The predicted octanol–water partition coefficient (Wildman–Crippen LogP) is 1.54. The third-order valence-corrected chi connectivity index (χ3v) is 4.33. The zero-order chi connectivity index (χ0) is 16.1. The molecule has 2 aliphatic rings. The van der Waals surface area contributed by atoms with Crippen LogP contribution < -0.4 is 16.0 Å². The molecule has 0 bridgehead atoms. The Morgan fingerprint density at radius 3 is 3.04 bits per heavy atom. The van der Waals surface area contributed by atoms with E-state index in [-0.39, 0.29) is 11.8 Å². The number of benzene rings is 1. The Morgan fingerprint density at radius 1 is 1.30 bits per heavy atom. The number of hydrogen-bond donors (Lipinski definition) is 3. The Labute approximate surface area is 136 Å². The minimum atomic E-state index is 0.0590. The van der Waals surface area contributed by atoms with Gasteiger partial charge in [0.1, 0.15) is 0 Å². The monoisotopic (exact) mass is 313 g/mol. The Balaban J connectivity index is 1.39. The number of nitrogens with one attached hydrogen (secondary N) is 3. The number of amides is 2. The minimum absolute atomic E-state index is 0.0590. The fraction of sp³-hybridized carbons (Fsp3) is 0.444. The number of anilines is 1. The van der Waals surface area contributed by atoms with E-state index in [1.54, 1.807) is 0 Å². The third-order valence-electron chi connectivity index (χ3n) is 4.33. The van der Waals surface area contributed by atoms with E-state index in [4.69, 9.17) is 0 Å². The molecule has 5 heteroatoms. The van der Waals surface area contributed by atoms with E-state index in [1.807, 2.05) is 12.1 Å². The van der Waals surface area contributed by atoms with Gasteiger partial charge in [-0.3, -0.25) is 9.59 Å². The van der Waals surface area contributed by atoms with Crippen LogP contribution in [0.25, 0.3) is 0 Å². The van der Waals surface area contributed by atoms with Gasteiger partial charge >= 0.3 is 0 Å². The Morgan fingerprint density at radius 2 is 2.22 bits per heavy atom. The first kappa shape index (κ1) is 15.7. The molecule has 3 N–H and O–H groups in total. The lowest BCUT2D eigenvalue weighted by Crippen LogP contribution is -2.29. The van der Waals surface area contributed by atoms with Crippen molar-refractivity contribution in [2.45, 2.75) is 32.1 Å². The molecule has 1 aromatic carbocycles. The van der Waals surface area contributed by atoms with Crippen LogP contribution in [-0.4, -0.2) is 31.4 Å². The van der Waals surface area contributed by atoms with Gasteiger partial charge in [-0.25, -0.2) is 0 Å². The zero-order valence-corrected chi connectivity index (χ0v) is 13.3. The van der Waals surface area contributed by atoms with Crippen LogP contribution in [0.2, 0.25) is 0 Å². The van der Waals surface area contributed by atoms with Crippen LogP contribution in [0.5, 0.6) is 0 Å². The van der Waals surface area contributed by atoms with Crippen LogP contribution in [-0.2, 0) is 22.4 Å². The van der Waals surface area contributed by atoms with Crippen molar-refractivity contribution in [3.8, 4) is 0 Å². The van der Waals surface area contributed by atoms with Crippen molar-refractivity contribution in [3.63, 3.8) is 0 Å². The lowest BCUT2D eigenvalue weighted by Gasteiger charge is -2.14. The van der Waals surface area contributed by atoms with Gasteiger partial charge in [-0.15, -0.1) is 0 Å². The first-order valence-corrected chi connectivity index (χ1v) is 8.28. The van der Waals surface area contributed by atoms with Gasteiger partial charge in [0.05, 0.1) is 6.42 Å². The van der Waals surface area contributed by atoms with Crippen molar-refractivity contribution in [3.05, 3.63) is 41.0 Å². The second kappa shape index (κ2) is 7.42. The molecule has 2 aliphatic heterocycles. The van der Waals surface area contributed by atoms with E-state index in [9.17, 15) is 9.59 Å². The molecule has 0 aromatic heterocycles. The molecule has 0 atom stereocenters. The third kappa shape index (κ3) is 4.42. The minimum Gasteiger partial charge on any atom is -0.352 e. The topological polar surface area (TPSA) is 70.2 Å². The molecule has 122 valence electrons. The molecule has 3 rings (SSSR count). The molecule has 5 nitrogen and oxygen atoms in total. The normalized spacial score (nSPS) is 16.5. The molecule has 1 aromatic rings. The summed E-state index contributed by atoms with van der Waals surface area (Å²) in [7, 11) is 0. The van der Waals surface area contributed by atoms with Gasteiger partial charge < -0.3 is 16.0 Å². The van der Waals surface area contributed by atoms with Gasteiger partial charge in [0, 0.05) is 25.2 Å². The SMILES string of the molecule is O=C(CCCc1ccc2c(c1)CC(=O)N2)NCC1=CCNCC1. The highest BCUT2D eigenvalue weighted by Gasteiger charge is 2.17. The van der Waals surface area contributed by atoms with Gasteiger partial charge in [-0.2, -0.15) is 0 Å².